The van der Waals surface area contributed by atoms with Gasteiger partial charge in [0, 0.05) is 28.1 Å². The number of rotatable bonds is 3. The second-order valence-corrected chi connectivity index (χ2v) is 5.04. The summed E-state index contributed by atoms with van der Waals surface area (Å²) < 4.78 is 28.2. The highest BCUT2D eigenvalue weighted by molar-refractivity contribution is 6.30. The van der Waals surface area contributed by atoms with Crippen molar-refractivity contribution in [2.45, 2.75) is 19.9 Å². The Hall–Kier alpha value is -2.01. The summed E-state index contributed by atoms with van der Waals surface area (Å²) in [4.78, 5) is 4.47. The second kappa shape index (κ2) is 5.41. The summed E-state index contributed by atoms with van der Waals surface area (Å²) in [5.74, 6) is 0. The molecule has 0 aliphatic rings. The molecule has 3 aromatic rings. The number of aromatic nitrogens is 3. The first-order valence-corrected chi connectivity index (χ1v) is 6.88. The molecule has 0 saturated carbocycles. The highest BCUT2D eigenvalue weighted by atomic mass is 35.5. The third kappa shape index (κ3) is 2.49. The molecule has 0 aliphatic heterocycles. The standard InChI is InChI=1S/C15H12ClF2N3/c1-2-21-15-12(8-19-21)11(14(17)18)7-13(20-15)9-3-5-10(16)6-4-9/h3-8,14H,2H2,1H3. The molecule has 2 heterocycles. The lowest BCUT2D eigenvalue weighted by Crippen LogP contribution is -1.99. The van der Waals surface area contributed by atoms with Gasteiger partial charge in [0.05, 0.1) is 11.9 Å². The highest BCUT2D eigenvalue weighted by Gasteiger charge is 2.18. The number of hydrogen-bond acceptors (Lipinski definition) is 2. The summed E-state index contributed by atoms with van der Waals surface area (Å²) >= 11 is 5.85. The van der Waals surface area contributed by atoms with Gasteiger partial charge in [0.15, 0.2) is 5.65 Å². The van der Waals surface area contributed by atoms with E-state index in [-0.39, 0.29) is 5.56 Å². The van der Waals surface area contributed by atoms with Crippen molar-refractivity contribution >= 4 is 22.6 Å². The number of fused-ring (bicyclic) bond motifs is 1. The van der Waals surface area contributed by atoms with Crippen molar-refractivity contribution < 1.29 is 8.78 Å². The van der Waals surface area contributed by atoms with Gasteiger partial charge < -0.3 is 0 Å². The molecule has 0 N–H and O–H groups in total. The topological polar surface area (TPSA) is 30.7 Å². The number of pyridine rings is 1. The van der Waals surface area contributed by atoms with E-state index in [1.54, 1.807) is 28.9 Å². The maximum absolute atomic E-state index is 13.3. The van der Waals surface area contributed by atoms with Gasteiger partial charge in [0.1, 0.15) is 0 Å². The van der Waals surface area contributed by atoms with Crippen molar-refractivity contribution in [2.24, 2.45) is 0 Å². The van der Waals surface area contributed by atoms with Crippen LogP contribution in [-0.4, -0.2) is 14.8 Å². The molecule has 0 radical (unpaired) electrons. The van der Waals surface area contributed by atoms with Crippen molar-refractivity contribution in [3.05, 3.63) is 47.1 Å². The number of halogens is 3. The van der Waals surface area contributed by atoms with Crippen LogP contribution in [0.15, 0.2) is 36.5 Å². The molecule has 0 aliphatic carbocycles. The van der Waals surface area contributed by atoms with E-state index in [2.05, 4.69) is 10.1 Å². The molecule has 6 heteroatoms. The van der Waals surface area contributed by atoms with E-state index in [1.807, 2.05) is 6.92 Å². The van der Waals surface area contributed by atoms with Gasteiger partial charge in [-0.2, -0.15) is 5.10 Å². The molecule has 1 aromatic carbocycles. The summed E-state index contributed by atoms with van der Waals surface area (Å²) in [6.45, 7) is 2.47. The van der Waals surface area contributed by atoms with Crippen LogP contribution in [0.3, 0.4) is 0 Å². The predicted octanol–water partition coefficient (Wildman–Crippen LogP) is 4.71. The molecule has 0 spiro atoms. The van der Waals surface area contributed by atoms with Crippen LogP contribution in [0.2, 0.25) is 5.02 Å². The highest BCUT2D eigenvalue weighted by Crippen LogP contribution is 2.31. The first kappa shape index (κ1) is 13.9. The van der Waals surface area contributed by atoms with Crippen molar-refractivity contribution in [3.63, 3.8) is 0 Å². The quantitative estimate of drug-likeness (QED) is 0.701. The zero-order valence-corrected chi connectivity index (χ0v) is 12.0. The minimum absolute atomic E-state index is 0.0513. The van der Waals surface area contributed by atoms with Gasteiger partial charge in [-0.25, -0.2) is 18.4 Å². The summed E-state index contributed by atoms with van der Waals surface area (Å²) in [5.41, 5.74) is 1.65. The Bertz CT molecular complexity index is 781. The molecule has 3 rings (SSSR count). The van der Waals surface area contributed by atoms with Gasteiger partial charge in [0.25, 0.3) is 6.43 Å². The first-order chi connectivity index (χ1) is 10.1. The molecule has 108 valence electrons. The minimum atomic E-state index is -2.57. The normalized spacial score (nSPS) is 11.5. The minimum Gasteiger partial charge on any atom is -0.248 e. The maximum atomic E-state index is 13.3. The molecular weight excluding hydrogens is 296 g/mol. The number of benzene rings is 1. The van der Waals surface area contributed by atoms with Gasteiger partial charge in [-0.1, -0.05) is 23.7 Å². The smallest absolute Gasteiger partial charge is 0.248 e. The van der Waals surface area contributed by atoms with E-state index in [4.69, 9.17) is 11.6 Å². The van der Waals surface area contributed by atoms with Crippen molar-refractivity contribution in [3.8, 4) is 11.3 Å². The fourth-order valence-electron chi connectivity index (χ4n) is 2.25. The van der Waals surface area contributed by atoms with E-state index in [0.717, 1.165) is 5.56 Å². The Morgan fingerprint density at radius 1 is 1.24 bits per heavy atom. The van der Waals surface area contributed by atoms with E-state index in [0.29, 0.717) is 28.3 Å². The van der Waals surface area contributed by atoms with Crippen LogP contribution in [0.25, 0.3) is 22.3 Å². The Balaban J connectivity index is 2.25. The van der Waals surface area contributed by atoms with E-state index in [1.165, 1.54) is 12.3 Å². The number of nitrogens with zero attached hydrogens (tertiary/aromatic N) is 3. The Labute approximate surface area is 125 Å². The number of alkyl halides is 2. The Morgan fingerprint density at radius 2 is 1.95 bits per heavy atom. The molecule has 2 aromatic heterocycles. The number of aryl methyl sites for hydroxylation is 1. The molecule has 0 saturated heterocycles. The van der Waals surface area contributed by atoms with Crippen molar-refractivity contribution in [1.29, 1.82) is 0 Å². The summed E-state index contributed by atoms with van der Waals surface area (Å²) in [6, 6.07) is 8.36. The third-order valence-corrected chi connectivity index (χ3v) is 3.57. The first-order valence-electron chi connectivity index (χ1n) is 6.50. The second-order valence-electron chi connectivity index (χ2n) is 4.60. The lowest BCUT2D eigenvalue weighted by Gasteiger charge is -2.08. The Kier molecular flexibility index (Phi) is 3.59. The van der Waals surface area contributed by atoms with Crippen LogP contribution in [0.5, 0.6) is 0 Å². The largest absolute Gasteiger partial charge is 0.264 e. The summed E-state index contributed by atoms with van der Waals surface area (Å²) in [5, 5.41) is 5.09. The average molecular weight is 308 g/mol. The predicted molar refractivity (Wildman–Crippen MR) is 78.6 cm³/mol. The molecule has 0 fully saturated rings. The van der Waals surface area contributed by atoms with Crippen LogP contribution in [0.4, 0.5) is 8.78 Å². The van der Waals surface area contributed by atoms with Gasteiger partial charge in [0.2, 0.25) is 0 Å². The van der Waals surface area contributed by atoms with Crippen LogP contribution in [0, 0.1) is 0 Å². The zero-order chi connectivity index (χ0) is 15.0. The van der Waals surface area contributed by atoms with E-state index < -0.39 is 6.43 Å². The van der Waals surface area contributed by atoms with E-state index >= 15 is 0 Å². The SMILES string of the molecule is CCn1ncc2c(C(F)F)cc(-c3ccc(Cl)cc3)nc21. The fraction of sp³-hybridized carbons (Fsp3) is 0.200. The van der Waals surface area contributed by atoms with Crippen LogP contribution in [-0.2, 0) is 6.54 Å². The third-order valence-electron chi connectivity index (χ3n) is 3.32. The van der Waals surface area contributed by atoms with Gasteiger partial charge in [-0.3, -0.25) is 0 Å². The van der Waals surface area contributed by atoms with Crippen molar-refractivity contribution in [2.75, 3.05) is 0 Å². The molecular formula is C15H12ClF2N3. The summed E-state index contributed by atoms with van der Waals surface area (Å²) in [6.07, 6.45) is -1.13. The fourth-order valence-corrected chi connectivity index (χ4v) is 2.38. The maximum Gasteiger partial charge on any atom is 0.264 e. The molecule has 0 atom stereocenters. The van der Waals surface area contributed by atoms with Gasteiger partial charge in [-0.15, -0.1) is 0 Å². The van der Waals surface area contributed by atoms with Crippen LogP contribution < -0.4 is 0 Å². The molecule has 21 heavy (non-hydrogen) atoms. The molecule has 0 amide bonds. The molecule has 0 unspecified atom stereocenters. The van der Waals surface area contributed by atoms with Crippen LogP contribution in [0.1, 0.15) is 18.9 Å². The van der Waals surface area contributed by atoms with Gasteiger partial charge >= 0.3 is 0 Å². The molecule has 3 nitrogen and oxygen atoms in total. The lowest BCUT2D eigenvalue weighted by atomic mass is 10.1. The lowest BCUT2D eigenvalue weighted by molar-refractivity contribution is 0.153. The number of hydrogen-bond donors (Lipinski definition) is 0. The van der Waals surface area contributed by atoms with Crippen molar-refractivity contribution in [1.82, 2.24) is 14.8 Å². The monoisotopic (exact) mass is 307 g/mol. The van der Waals surface area contributed by atoms with E-state index in [9.17, 15) is 8.78 Å². The zero-order valence-electron chi connectivity index (χ0n) is 11.2. The average Bonchev–Trinajstić information content (AvgIpc) is 2.89. The summed E-state index contributed by atoms with van der Waals surface area (Å²) in [7, 11) is 0. The van der Waals surface area contributed by atoms with Crippen LogP contribution >= 0.6 is 11.6 Å². The van der Waals surface area contributed by atoms with Gasteiger partial charge in [-0.05, 0) is 25.1 Å². The molecule has 0 bridgehead atoms. The Morgan fingerprint density at radius 3 is 2.57 bits per heavy atom.